The monoisotopic (exact) mass is 386 g/mol. The van der Waals surface area contributed by atoms with Gasteiger partial charge in [0.25, 0.3) is 0 Å². The predicted molar refractivity (Wildman–Crippen MR) is 105 cm³/mol. The lowest BCUT2D eigenvalue weighted by molar-refractivity contribution is -0.262. The Labute approximate surface area is 160 Å². The molecule has 1 saturated carbocycles. The first-order chi connectivity index (χ1) is 12.0. The van der Waals surface area contributed by atoms with Gasteiger partial charge in [-0.1, -0.05) is 40.0 Å². The van der Waals surface area contributed by atoms with Crippen molar-refractivity contribution in [3.8, 4) is 0 Å². The Hall–Kier alpha value is -0.433. The zero-order valence-corrected chi connectivity index (χ0v) is 18.7. The lowest BCUT2D eigenvalue weighted by Crippen LogP contribution is -2.56. The number of hydrogen-bond donors (Lipinski definition) is 0. The molecule has 1 heterocycles. The van der Waals surface area contributed by atoms with Gasteiger partial charge in [0, 0.05) is 13.3 Å². The molecule has 1 saturated heterocycles. The highest BCUT2D eigenvalue weighted by Gasteiger charge is 2.47. The summed E-state index contributed by atoms with van der Waals surface area (Å²) >= 11 is 0. The third-order valence-corrected chi connectivity index (χ3v) is 10.5. The summed E-state index contributed by atoms with van der Waals surface area (Å²) in [5.41, 5.74) is 0. The average Bonchev–Trinajstić information content (AvgIpc) is 2.50. The smallest absolute Gasteiger partial charge is 0.302 e. The average molecular weight is 387 g/mol. The van der Waals surface area contributed by atoms with Crippen LogP contribution in [0.1, 0.15) is 73.1 Å². The van der Waals surface area contributed by atoms with Crippen LogP contribution in [0.3, 0.4) is 0 Å². The van der Waals surface area contributed by atoms with Gasteiger partial charge in [-0.15, -0.1) is 0 Å². The Morgan fingerprint density at radius 2 is 1.73 bits per heavy atom. The van der Waals surface area contributed by atoms with Crippen LogP contribution in [0, 0.1) is 0 Å². The van der Waals surface area contributed by atoms with Gasteiger partial charge in [0.2, 0.25) is 0 Å². The highest BCUT2D eigenvalue weighted by atomic mass is 28.4. The van der Waals surface area contributed by atoms with E-state index in [-0.39, 0.29) is 41.7 Å². The summed E-state index contributed by atoms with van der Waals surface area (Å²) < 4.78 is 24.6. The quantitative estimate of drug-likeness (QED) is 0.502. The zero-order chi connectivity index (χ0) is 19.5. The number of esters is 1. The van der Waals surface area contributed by atoms with Gasteiger partial charge in [0.15, 0.2) is 14.6 Å². The fourth-order valence-electron chi connectivity index (χ4n) is 3.52. The van der Waals surface area contributed by atoms with E-state index in [0.717, 1.165) is 12.8 Å². The zero-order valence-electron chi connectivity index (χ0n) is 17.7. The molecule has 0 aromatic heterocycles. The standard InChI is InChI=1S/C20H38O5Si/c1-14-19(25-26(6,7)20(3,4)5)17(23-15(2)21)13-18(22-14)24-16-11-9-8-10-12-16/h14,16-19H,8-13H2,1-7H3/t14-,17-,18-,19-/m1/s1. The van der Waals surface area contributed by atoms with Crippen LogP contribution in [0.25, 0.3) is 0 Å². The van der Waals surface area contributed by atoms with Gasteiger partial charge < -0.3 is 18.6 Å². The molecule has 2 aliphatic rings. The Balaban J connectivity index is 2.07. The van der Waals surface area contributed by atoms with Crippen molar-refractivity contribution in [3.63, 3.8) is 0 Å². The Kier molecular flexibility index (Phi) is 7.33. The van der Waals surface area contributed by atoms with Gasteiger partial charge >= 0.3 is 5.97 Å². The molecule has 4 atom stereocenters. The first kappa shape index (κ1) is 21.9. The molecule has 152 valence electrons. The van der Waals surface area contributed by atoms with Crippen molar-refractivity contribution in [1.82, 2.24) is 0 Å². The van der Waals surface area contributed by atoms with E-state index in [1.54, 1.807) is 0 Å². The van der Waals surface area contributed by atoms with Gasteiger partial charge in [-0.25, -0.2) is 0 Å². The van der Waals surface area contributed by atoms with Crippen LogP contribution in [-0.4, -0.2) is 45.0 Å². The fraction of sp³-hybridized carbons (Fsp3) is 0.950. The van der Waals surface area contributed by atoms with Crippen molar-refractivity contribution in [2.45, 2.75) is 122 Å². The number of carbonyl (C=O) groups excluding carboxylic acids is 1. The molecule has 0 aromatic carbocycles. The number of hydrogen-bond acceptors (Lipinski definition) is 5. The summed E-state index contributed by atoms with van der Waals surface area (Å²) in [6.45, 7) is 14.5. The summed E-state index contributed by atoms with van der Waals surface area (Å²) in [6, 6.07) is 0. The highest BCUT2D eigenvalue weighted by Crippen LogP contribution is 2.40. The molecular weight excluding hydrogens is 348 g/mol. The van der Waals surface area contributed by atoms with Gasteiger partial charge in [0.05, 0.1) is 12.2 Å². The summed E-state index contributed by atoms with van der Waals surface area (Å²) in [7, 11) is -2.00. The second kappa shape index (κ2) is 8.72. The molecule has 1 aliphatic carbocycles. The molecule has 0 aromatic rings. The molecule has 1 aliphatic heterocycles. The molecule has 0 unspecified atom stereocenters. The Morgan fingerprint density at radius 1 is 1.12 bits per heavy atom. The molecule has 6 heteroatoms. The molecule has 0 N–H and O–H groups in total. The second-order valence-electron chi connectivity index (χ2n) is 9.39. The van der Waals surface area contributed by atoms with E-state index in [4.69, 9.17) is 18.6 Å². The minimum atomic E-state index is -2.00. The maximum absolute atomic E-state index is 11.7. The van der Waals surface area contributed by atoms with Crippen LogP contribution in [-0.2, 0) is 23.4 Å². The summed E-state index contributed by atoms with van der Waals surface area (Å²) in [5, 5.41) is 0.0862. The topological polar surface area (TPSA) is 54.0 Å². The Bertz CT molecular complexity index is 467. The third kappa shape index (κ3) is 5.78. The lowest BCUT2D eigenvalue weighted by atomic mass is 9.97. The van der Waals surface area contributed by atoms with Gasteiger partial charge in [-0.2, -0.15) is 0 Å². The molecule has 26 heavy (non-hydrogen) atoms. The predicted octanol–water partition coefficient (Wildman–Crippen LogP) is 4.79. The molecule has 0 bridgehead atoms. The van der Waals surface area contributed by atoms with Crippen molar-refractivity contribution in [3.05, 3.63) is 0 Å². The largest absolute Gasteiger partial charge is 0.460 e. The maximum Gasteiger partial charge on any atom is 0.302 e. The van der Waals surface area contributed by atoms with Crippen molar-refractivity contribution in [2.24, 2.45) is 0 Å². The van der Waals surface area contributed by atoms with Crippen LogP contribution in [0.5, 0.6) is 0 Å². The van der Waals surface area contributed by atoms with E-state index < -0.39 is 8.32 Å². The molecule has 5 nitrogen and oxygen atoms in total. The minimum Gasteiger partial charge on any atom is -0.460 e. The third-order valence-electron chi connectivity index (χ3n) is 6.07. The molecule has 2 rings (SSSR count). The van der Waals surface area contributed by atoms with Crippen LogP contribution in [0.4, 0.5) is 0 Å². The molecule has 0 radical (unpaired) electrons. The van der Waals surface area contributed by atoms with Crippen LogP contribution < -0.4 is 0 Å². The molecule has 0 spiro atoms. The van der Waals surface area contributed by atoms with Gasteiger partial charge in [-0.05, 0) is 37.9 Å². The van der Waals surface area contributed by atoms with Crippen molar-refractivity contribution >= 4 is 14.3 Å². The Morgan fingerprint density at radius 3 is 2.27 bits per heavy atom. The van der Waals surface area contributed by atoms with E-state index in [2.05, 4.69) is 33.9 Å². The van der Waals surface area contributed by atoms with Gasteiger partial charge in [-0.3, -0.25) is 4.79 Å². The minimum absolute atomic E-state index is 0.0862. The summed E-state index contributed by atoms with van der Waals surface area (Å²) in [6.07, 6.45) is 5.66. The van der Waals surface area contributed by atoms with E-state index in [9.17, 15) is 4.79 Å². The first-order valence-electron chi connectivity index (χ1n) is 10.2. The van der Waals surface area contributed by atoms with Gasteiger partial charge in [0.1, 0.15) is 12.2 Å². The van der Waals surface area contributed by atoms with E-state index >= 15 is 0 Å². The number of carbonyl (C=O) groups is 1. The van der Waals surface area contributed by atoms with Crippen molar-refractivity contribution in [2.75, 3.05) is 0 Å². The number of ether oxygens (including phenoxy) is 3. The van der Waals surface area contributed by atoms with Crippen molar-refractivity contribution < 1.29 is 23.4 Å². The highest BCUT2D eigenvalue weighted by molar-refractivity contribution is 6.74. The summed E-state index contributed by atoms with van der Waals surface area (Å²) in [5.74, 6) is -0.274. The first-order valence-corrected chi connectivity index (χ1v) is 13.1. The summed E-state index contributed by atoms with van der Waals surface area (Å²) in [4.78, 5) is 11.7. The molecule has 0 amide bonds. The van der Waals surface area contributed by atoms with Crippen LogP contribution >= 0.6 is 0 Å². The van der Waals surface area contributed by atoms with E-state index in [1.807, 2.05) is 6.92 Å². The lowest BCUT2D eigenvalue weighted by Gasteiger charge is -2.46. The maximum atomic E-state index is 11.7. The SMILES string of the molecule is CC(=O)O[C@@H]1C[C@@H](OC2CCCCC2)O[C@H](C)[C@H]1O[Si](C)(C)C(C)(C)C. The number of rotatable bonds is 5. The molecule has 2 fully saturated rings. The van der Waals surface area contributed by atoms with Crippen LogP contribution in [0.2, 0.25) is 18.1 Å². The molecular formula is C20H38O5Si. The van der Waals surface area contributed by atoms with Crippen molar-refractivity contribution in [1.29, 1.82) is 0 Å². The second-order valence-corrected chi connectivity index (χ2v) is 14.1. The van der Waals surface area contributed by atoms with Crippen LogP contribution in [0.15, 0.2) is 0 Å². The fourth-order valence-corrected chi connectivity index (χ4v) is 4.90. The van der Waals surface area contributed by atoms with E-state index in [1.165, 1.54) is 26.2 Å². The van der Waals surface area contributed by atoms with E-state index in [0.29, 0.717) is 6.42 Å². The normalized spacial score (nSPS) is 31.7.